The average molecular weight is 293 g/mol. The Kier molecular flexibility index (Phi) is 4.39. The first kappa shape index (κ1) is 14.5. The third-order valence-electron chi connectivity index (χ3n) is 2.77. The highest BCUT2D eigenvalue weighted by Gasteiger charge is 2.13. The largest absolute Gasteiger partial charge is 0.280 e. The van der Waals surface area contributed by atoms with Crippen LogP contribution < -0.4 is 4.72 Å². The molecule has 0 radical (unpaired) electrons. The molecule has 0 atom stereocenters. The van der Waals surface area contributed by atoms with Gasteiger partial charge in [0.25, 0.3) is 10.0 Å². The molecule has 0 bridgehead atoms. The van der Waals surface area contributed by atoms with Gasteiger partial charge in [-0.1, -0.05) is 29.8 Å². The lowest BCUT2D eigenvalue weighted by molar-refractivity contribution is -0.253. The van der Waals surface area contributed by atoms with Crippen LogP contribution in [0, 0.1) is 6.92 Å². The lowest BCUT2D eigenvalue weighted by Gasteiger charge is -2.08. The summed E-state index contributed by atoms with van der Waals surface area (Å²) in [5.74, 6) is 0. The van der Waals surface area contributed by atoms with Gasteiger partial charge in [0, 0.05) is 5.69 Å². The minimum atomic E-state index is -3.61. The van der Waals surface area contributed by atoms with E-state index < -0.39 is 10.0 Å². The highest BCUT2D eigenvalue weighted by Crippen LogP contribution is 2.17. The van der Waals surface area contributed by atoms with E-state index in [-0.39, 0.29) is 11.5 Å². The maximum atomic E-state index is 12.2. The molecule has 0 amide bonds. The Balaban J connectivity index is 2.19. The van der Waals surface area contributed by atoms with Crippen LogP contribution in [0.5, 0.6) is 0 Å². The van der Waals surface area contributed by atoms with Gasteiger partial charge in [-0.05, 0) is 36.8 Å². The van der Waals surface area contributed by atoms with E-state index in [0.717, 1.165) is 5.56 Å². The van der Waals surface area contributed by atoms with Gasteiger partial charge in [-0.3, -0.25) is 9.98 Å². The van der Waals surface area contributed by atoms with Crippen molar-refractivity contribution in [2.75, 3.05) is 4.72 Å². The standard InChI is InChI=1S/C14H15NO4S/c1-11-2-6-13(7-3-11)15-20(17,18)14-8-4-12(5-9-14)10-19-16/h2-9,15-16H,10H2,1H3. The first-order valence-corrected chi connectivity index (χ1v) is 7.44. The maximum absolute atomic E-state index is 12.2. The zero-order chi connectivity index (χ0) is 14.6. The van der Waals surface area contributed by atoms with Crippen molar-refractivity contribution in [1.29, 1.82) is 0 Å². The van der Waals surface area contributed by atoms with E-state index in [9.17, 15) is 8.42 Å². The summed E-state index contributed by atoms with van der Waals surface area (Å²) in [6.07, 6.45) is 0. The molecule has 0 heterocycles. The lowest BCUT2D eigenvalue weighted by Crippen LogP contribution is -2.12. The molecule has 0 aliphatic carbocycles. The van der Waals surface area contributed by atoms with Gasteiger partial charge in [0.2, 0.25) is 0 Å². The van der Waals surface area contributed by atoms with E-state index in [1.807, 2.05) is 19.1 Å². The van der Waals surface area contributed by atoms with Gasteiger partial charge in [0.15, 0.2) is 0 Å². The highest BCUT2D eigenvalue weighted by atomic mass is 32.2. The Morgan fingerprint density at radius 3 is 2.20 bits per heavy atom. The summed E-state index contributed by atoms with van der Waals surface area (Å²) >= 11 is 0. The van der Waals surface area contributed by atoms with Gasteiger partial charge in [0.05, 0.1) is 4.90 Å². The molecule has 20 heavy (non-hydrogen) atoms. The number of sulfonamides is 1. The first-order valence-electron chi connectivity index (χ1n) is 5.96. The molecule has 5 nitrogen and oxygen atoms in total. The zero-order valence-electron chi connectivity index (χ0n) is 10.9. The summed E-state index contributed by atoms with van der Waals surface area (Å²) in [6.45, 7) is 1.95. The molecule has 0 saturated carbocycles. The molecule has 106 valence electrons. The molecule has 0 aliphatic heterocycles. The molecule has 2 N–H and O–H groups in total. The van der Waals surface area contributed by atoms with E-state index in [2.05, 4.69) is 9.61 Å². The fourth-order valence-electron chi connectivity index (χ4n) is 1.68. The van der Waals surface area contributed by atoms with E-state index in [4.69, 9.17) is 5.26 Å². The molecular formula is C14H15NO4S. The van der Waals surface area contributed by atoms with Gasteiger partial charge >= 0.3 is 0 Å². The van der Waals surface area contributed by atoms with Gasteiger partial charge in [-0.15, -0.1) is 0 Å². The van der Waals surface area contributed by atoms with Crippen molar-refractivity contribution in [2.24, 2.45) is 0 Å². The summed E-state index contributed by atoms with van der Waals surface area (Å²) in [6, 6.07) is 13.2. The normalized spacial score (nSPS) is 11.3. The molecule has 2 rings (SSSR count). The summed E-state index contributed by atoms with van der Waals surface area (Å²) < 4.78 is 26.8. The minimum Gasteiger partial charge on any atom is -0.280 e. The van der Waals surface area contributed by atoms with Crippen LogP contribution in [0.1, 0.15) is 11.1 Å². The zero-order valence-corrected chi connectivity index (χ0v) is 11.7. The van der Waals surface area contributed by atoms with Crippen molar-refractivity contribution in [3.05, 3.63) is 59.7 Å². The van der Waals surface area contributed by atoms with Gasteiger partial charge < -0.3 is 0 Å². The van der Waals surface area contributed by atoms with Crippen LogP contribution >= 0.6 is 0 Å². The second-order valence-corrected chi connectivity index (χ2v) is 6.07. The molecule has 2 aromatic carbocycles. The van der Waals surface area contributed by atoms with Crippen molar-refractivity contribution in [2.45, 2.75) is 18.4 Å². The quantitative estimate of drug-likeness (QED) is 0.656. The number of anilines is 1. The number of benzene rings is 2. The molecular weight excluding hydrogens is 278 g/mol. The van der Waals surface area contributed by atoms with E-state index in [1.165, 1.54) is 12.1 Å². The molecule has 0 aliphatic rings. The van der Waals surface area contributed by atoms with Crippen LogP contribution in [-0.2, 0) is 21.5 Å². The minimum absolute atomic E-state index is 0.0196. The van der Waals surface area contributed by atoms with Crippen LogP contribution in [0.2, 0.25) is 0 Å². The Hall–Kier alpha value is -1.89. The average Bonchev–Trinajstić information content (AvgIpc) is 2.42. The molecule has 6 heteroatoms. The Bertz CT molecular complexity index is 663. The predicted molar refractivity (Wildman–Crippen MR) is 75.8 cm³/mol. The second kappa shape index (κ2) is 6.04. The third-order valence-corrected chi connectivity index (χ3v) is 4.17. The van der Waals surface area contributed by atoms with Gasteiger partial charge in [-0.2, -0.15) is 0 Å². The molecule has 0 aromatic heterocycles. The second-order valence-electron chi connectivity index (χ2n) is 4.39. The Labute approximate surface area is 117 Å². The summed E-state index contributed by atoms with van der Waals surface area (Å²) in [7, 11) is -3.61. The maximum Gasteiger partial charge on any atom is 0.261 e. The third kappa shape index (κ3) is 3.57. The smallest absolute Gasteiger partial charge is 0.261 e. The van der Waals surface area contributed by atoms with Crippen LogP contribution in [0.4, 0.5) is 5.69 Å². The van der Waals surface area contributed by atoms with Crippen molar-refractivity contribution in [3.8, 4) is 0 Å². The van der Waals surface area contributed by atoms with Gasteiger partial charge in [-0.25, -0.2) is 13.3 Å². The molecule has 0 unspecified atom stereocenters. The molecule has 0 fully saturated rings. The molecule has 2 aromatic rings. The van der Waals surface area contributed by atoms with E-state index in [1.54, 1.807) is 24.3 Å². The Morgan fingerprint density at radius 1 is 1.05 bits per heavy atom. The van der Waals surface area contributed by atoms with Gasteiger partial charge in [0.1, 0.15) is 6.61 Å². The van der Waals surface area contributed by atoms with Crippen molar-refractivity contribution in [3.63, 3.8) is 0 Å². The number of hydrogen-bond acceptors (Lipinski definition) is 4. The summed E-state index contributed by atoms with van der Waals surface area (Å²) in [4.78, 5) is 4.15. The molecule has 0 spiro atoms. The van der Waals surface area contributed by atoms with Crippen LogP contribution in [0.15, 0.2) is 53.4 Å². The Morgan fingerprint density at radius 2 is 1.65 bits per heavy atom. The highest BCUT2D eigenvalue weighted by molar-refractivity contribution is 7.92. The predicted octanol–water partition coefficient (Wildman–Crippen LogP) is 2.79. The SMILES string of the molecule is Cc1ccc(NS(=O)(=O)c2ccc(COO)cc2)cc1. The molecule has 0 saturated heterocycles. The number of aryl methyl sites for hydroxylation is 1. The van der Waals surface area contributed by atoms with Crippen LogP contribution in [0.3, 0.4) is 0 Å². The number of nitrogens with one attached hydrogen (secondary N) is 1. The topological polar surface area (TPSA) is 75.6 Å². The van der Waals surface area contributed by atoms with Crippen molar-refractivity contribution in [1.82, 2.24) is 0 Å². The first-order chi connectivity index (χ1) is 9.51. The van der Waals surface area contributed by atoms with Crippen molar-refractivity contribution >= 4 is 15.7 Å². The monoisotopic (exact) mass is 293 g/mol. The van der Waals surface area contributed by atoms with Crippen molar-refractivity contribution < 1.29 is 18.6 Å². The fraction of sp³-hybridized carbons (Fsp3) is 0.143. The fourth-order valence-corrected chi connectivity index (χ4v) is 2.73. The summed E-state index contributed by atoms with van der Waals surface area (Å²) in [5.41, 5.74) is 2.25. The van der Waals surface area contributed by atoms with E-state index >= 15 is 0 Å². The lowest BCUT2D eigenvalue weighted by atomic mass is 10.2. The summed E-state index contributed by atoms with van der Waals surface area (Å²) in [5, 5.41) is 8.34. The van der Waals surface area contributed by atoms with Crippen LogP contribution in [-0.4, -0.2) is 13.7 Å². The van der Waals surface area contributed by atoms with E-state index in [0.29, 0.717) is 11.3 Å². The number of hydrogen-bond donors (Lipinski definition) is 2. The number of rotatable bonds is 5. The van der Waals surface area contributed by atoms with Crippen LogP contribution in [0.25, 0.3) is 0 Å².